The molecule has 1 amide bonds. The Hall–Kier alpha value is -2.53. The molecule has 0 aromatic heterocycles. The molecule has 1 N–H and O–H groups in total. The zero-order valence-electron chi connectivity index (χ0n) is 13.2. The quantitative estimate of drug-likeness (QED) is 0.946. The number of benzene rings is 2. The van der Waals surface area contributed by atoms with E-state index in [1.54, 1.807) is 23.1 Å². The number of fused-ring (bicyclic) bond motifs is 1. The van der Waals surface area contributed by atoms with Crippen LogP contribution in [-0.4, -0.2) is 31.8 Å². The Morgan fingerprint density at radius 2 is 1.74 bits per heavy atom. The van der Waals surface area contributed by atoms with Crippen LogP contribution in [0.2, 0.25) is 0 Å². The molecular weight excluding hydrogens is 294 g/mol. The predicted octanol–water partition coefficient (Wildman–Crippen LogP) is 2.79. The SMILES string of the molecule is COc1cccc(OC)c1C(=O)N1CCC(O)c2ccccc21. The lowest BCUT2D eigenvalue weighted by Gasteiger charge is -2.32. The van der Waals surface area contributed by atoms with Crippen molar-refractivity contribution >= 4 is 11.6 Å². The maximum atomic E-state index is 13.1. The fourth-order valence-electron chi connectivity index (χ4n) is 2.95. The Balaban J connectivity index is 2.07. The van der Waals surface area contributed by atoms with E-state index >= 15 is 0 Å². The molecule has 0 bridgehead atoms. The number of carbonyl (C=O) groups excluding carboxylic acids is 1. The Kier molecular flexibility index (Phi) is 4.21. The van der Waals surface area contributed by atoms with E-state index in [1.807, 2.05) is 24.3 Å². The van der Waals surface area contributed by atoms with Gasteiger partial charge in [0.25, 0.3) is 5.91 Å². The number of para-hydroxylation sites is 1. The highest BCUT2D eigenvalue weighted by Crippen LogP contribution is 2.37. The predicted molar refractivity (Wildman–Crippen MR) is 87.2 cm³/mol. The molecule has 0 saturated carbocycles. The number of carbonyl (C=O) groups is 1. The highest BCUT2D eigenvalue weighted by molar-refractivity contribution is 6.10. The van der Waals surface area contributed by atoms with Gasteiger partial charge in [-0.2, -0.15) is 0 Å². The van der Waals surface area contributed by atoms with Crippen molar-refractivity contribution in [1.29, 1.82) is 0 Å². The average Bonchev–Trinajstić information content (AvgIpc) is 2.61. The van der Waals surface area contributed by atoms with Crippen LogP contribution in [0.1, 0.15) is 28.4 Å². The Morgan fingerprint density at radius 3 is 2.39 bits per heavy atom. The minimum Gasteiger partial charge on any atom is -0.496 e. The van der Waals surface area contributed by atoms with Crippen LogP contribution in [0.15, 0.2) is 42.5 Å². The van der Waals surface area contributed by atoms with Gasteiger partial charge in [0.1, 0.15) is 17.1 Å². The summed E-state index contributed by atoms with van der Waals surface area (Å²) >= 11 is 0. The van der Waals surface area contributed by atoms with Gasteiger partial charge in [0.05, 0.1) is 20.3 Å². The average molecular weight is 313 g/mol. The number of rotatable bonds is 3. The molecule has 1 heterocycles. The summed E-state index contributed by atoms with van der Waals surface area (Å²) in [4.78, 5) is 14.8. The Morgan fingerprint density at radius 1 is 1.09 bits per heavy atom. The summed E-state index contributed by atoms with van der Waals surface area (Å²) in [7, 11) is 3.05. The van der Waals surface area contributed by atoms with Crippen LogP contribution in [0.4, 0.5) is 5.69 Å². The van der Waals surface area contributed by atoms with Crippen LogP contribution in [0, 0.1) is 0 Å². The molecule has 0 radical (unpaired) electrons. The Labute approximate surface area is 135 Å². The molecule has 1 unspecified atom stereocenters. The summed E-state index contributed by atoms with van der Waals surface area (Å²) in [6, 6.07) is 12.7. The third kappa shape index (κ3) is 2.64. The van der Waals surface area contributed by atoms with E-state index in [-0.39, 0.29) is 5.91 Å². The van der Waals surface area contributed by atoms with Crippen molar-refractivity contribution in [2.24, 2.45) is 0 Å². The van der Waals surface area contributed by atoms with Crippen molar-refractivity contribution < 1.29 is 19.4 Å². The molecule has 5 heteroatoms. The lowest BCUT2D eigenvalue weighted by atomic mass is 9.98. The van der Waals surface area contributed by atoms with Gasteiger partial charge in [-0.1, -0.05) is 24.3 Å². The molecule has 3 rings (SSSR count). The smallest absolute Gasteiger partial charge is 0.265 e. The van der Waals surface area contributed by atoms with Gasteiger partial charge >= 0.3 is 0 Å². The third-order valence-corrected chi connectivity index (χ3v) is 4.10. The number of hydrogen-bond donors (Lipinski definition) is 1. The van der Waals surface area contributed by atoms with Crippen molar-refractivity contribution in [2.75, 3.05) is 25.7 Å². The van der Waals surface area contributed by atoms with Gasteiger partial charge in [0.2, 0.25) is 0 Å². The van der Waals surface area contributed by atoms with E-state index in [1.165, 1.54) is 14.2 Å². The summed E-state index contributed by atoms with van der Waals surface area (Å²) < 4.78 is 10.7. The molecule has 0 saturated heterocycles. The van der Waals surface area contributed by atoms with Crippen LogP contribution in [0.25, 0.3) is 0 Å². The first-order valence-electron chi connectivity index (χ1n) is 7.47. The molecule has 0 aliphatic carbocycles. The van der Waals surface area contributed by atoms with E-state index < -0.39 is 6.10 Å². The molecule has 120 valence electrons. The van der Waals surface area contributed by atoms with Crippen LogP contribution < -0.4 is 14.4 Å². The number of aliphatic hydroxyl groups is 1. The van der Waals surface area contributed by atoms with Gasteiger partial charge < -0.3 is 19.5 Å². The minimum atomic E-state index is -0.546. The highest BCUT2D eigenvalue weighted by Gasteiger charge is 2.31. The van der Waals surface area contributed by atoms with E-state index in [0.29, 0.717) is 30.0 Å². The maximum absolute atomic E-state index is 13.1. The van der Waals surface area contributed by atoms with Crippen LogP contribution in [0.5, 0.6) is 11.5 Å². The number of anilines is 1. The standard InChI is InChI=1S/C18H19NO4/c1-22-15-8-5-9-16(23-2)17(15)18(21)19-11-10-14(20)12-6-3-4-7-13(12)19/h3-9,14,20H,10-11H2,1-2H3. The number of hydrogen-bond acceptors (Lipinski definition) is 4. The van der Waals surface area contributed by atoms with Crippen molar-refractivity contribution in [1.82, 2.24) is 0 Å². The van der Waals surface area contributed by atoms with Crippen molar-refractivity contribution in [3.8, 4) is 11.5 Å². The molecule has 0 fully saturated rings. The molecule has 2 aromatic rings. The fourth-order valence-corrected chi connectivity index (χ4v) is 2.95. The highest BCUT2D eigenvalue weighted by atomic mass is 16.5. The molecule has 0 spiro atoms. The number of nitrogens with zero attached hydrogens (tertiary/aromatic N) is 1. The van der Waals surface area contributed by atoms with Crippen molar-refractivity contribution in [2.45, 2.75) is 12.5 Å². The largest absolute Gasteiger partial charge is 0.496 e. The van der Waals surface area contributed by atoms with E-state index in [4.69, 9.17) is 9.47 Å². The zero-order chi connectivity index (χ0) is 16.4. The van der Waals surface area contributed by atoms with Gasteiger partial charge in [0.15, 0.2) is 0 Å². The molecule has 1 aliphatic heterocycles. The van der Waals surface area contributed by atoms with Crippen LogP contribution in [0.3, 0.4) is 0 Å². The second-order valence-corrected chi connectivity index (χ2v) is 5.36. The summed E-state index contributed by atoms with van der Waals surface area (Å²) in [5.74, 6) is 0.745. The molecule has 23 heavy (non-hydrogen) atoms. The number of amides is 1. The van der Waals surface area contributed by atoms with Crippen LogP contribution in [-0.2, 0) is 0 Å². The van der Waals surface area contributed by atoms with Crippen molar-refractivity contribution in [3.05, 3.63) is 53.6 Å². The zero-order valence-corrected chi connectivity index (χ0v) is 13.2. The summed E-state index contributed by atoms with van der Waals surface area (Å²) in [6.07, 6.45) is -0.0463. The first-order chi connectivity index (χ1) is 11.2. The number of ether oxygens (including phenoxy) is 2. The number of methoxy groups -OCH3 is 2. The van der Waals surface area contributed by atoms with E-state index in [0.717, 1.165) is 11.3 Å². The summed E-state index contributed by atoms with van der Waals surface area (Å²) in [5, 5.41) is 10.1. The second-order valence-electron chi connectivity index (χ2n) is 5.36. The third-order valence-electron chi connectivity index (χ3n) is 4.10. The topological polar surface area (TPSA) is 59.0 Å². The van der Waals surface area contributed by atoms with Gasteiger partial charge in [-0.25, -0.2) is 0 Å². The van der Waals surface area contributed by atoms with Crippen molar-refractivity contribution in [3.63, 3.8) is 0 Å². The molecule has 2 aromatic carbocycles. The first-order valence-corrected chi connectivity index (χ1v) is 7.47. The lowest BCUT2D eigenvalue weighted by molar-refractivity contribution is 0.0964. The summed E-state index contributed by atoms with van der Waals surface area (Å²) in [6.45, 7) is 0.443. The van der Waals surface area contributed by atoms with Gasteiger partial charge in [0, 0.05) is 17.8 Å². The lowest BCUT2D eigenvalue weighted by Crippen LogP contribution is -2.37. The monoisotopic (exact) mass is 313 g/mol. The fraction of sp³-hybridized carbons (Fsp3) is 0.278. The van der Waals surface area contributed by atoms with Gasteiger partial charge in [-0.05, 0) is 24.6 Å². The van der Waals surface area contributed by atoms with E-state index in [2.05, 4.69) is 0 Å². The molecule has 5 nitrogen and oxygen atoms in total. The molecular formula is C18H19NO4. The van der Waals surface area contributed by atoms with E-state index in [9.17, 15) is 9.90 Å². The molecule has 1 aliphatic rings. The first kappa shape index (κ1) is 15.4. The maximum Gasteiger partial charge on any atom is 0.265 e. The summed E-state index contributed by atoms with van der Waals surface area (Å²) in [5.41, 5.74) is 1.88. The van der Waals surface area contributed by atoms with Crippen LogP contribution >= 0.6 is 0 Å². The van der Waals surface area contributed by atoms with Gasteiger partial charge in [-0.15, -0.1) is 0 Å². The Bertz CT molecular complexity index is 706. The molecule has 1 atom stereocenters. The number of aliphatic hydroxyl groups excluding tert-OH is 1. The van der Waals surface area contributed by atoms with Gasteiger partial charge in [-0.3, -0.25) is 4.79 Å². The second kappa shape index (κ2) is 6.30. The normalized spacial score (nSPS) is 16.7. The minimum absolute atomic E-state index is 0.196.